The molecule has 190 valence electrons. The Balaban J connectivity index is 1.50. The van der Waals surface area contributed by atoms with Gasteiger partial charge in [0.2, 0.25) is 5.91 Å². The van der Waals surface area contributed by atoms with E-state index >= 15 is 0 Å². The summed E-state index contributed by atoms with van der Waals surface area (Å²) in [5, 5.41) is 18.0. The van der Waals surface area contributed by atoms with Crippen LogP contribution in [-0.4, -0.2) is 57.6 Å². The van der Waals surface area contributed by atoms with Gasteiger partial charge in [-0.25, -0.2) is 4.98 Å². The first kappa shape index (κ1) is 25.9. The van der Waals surface area contributed by atoms with Crippen LogP contribution in [0, 0.1) is 12.3 Å². The summed E-state index contributed by atoms with van der Waals surface area (Å²) in [5.41, 5.74) is 4.40. The van der Waals surface area contributed by atoms with E-state index in [2.05, 4.69) is 60.7 Å². The number of nitrogens with zero attached hydrogens (tertiary/aromatic N) is 2. The number of carbonyl (C=O) groups is 2. The number of thiazole rings is 1. The second kappa shape index (κ2) is 9.73. The molecule has 1 saturated carbocycles. The molecule has 7 nitrogen and oxygen atoms in total. The van der Waals surface area contributed by atoms with Crippen LogP contribution >= 0.6 is 11.3 Å². The number of aromatic nitrogens is 1. The molecule has 2 aromatic rings. The molecule has 0 bridgehead atoms. The van der Waals surface area contributed by atoms with Crippen molar-refractivity contribution in [2.75, 3.05) is 6.54 Å². The Morgan fingerprint density at radius 2 is 1.89 bits per heavy atom. The third-order valence-electron chi connectivity index (χ3n) is 7.12. The van der Waals surface area contributed by atoms with Crippen molar-refractivity contribution in [2.45, 2.75) is 90.7 Å². The Morgan fingerprint density at radius 3 is 2.40 bits per heavy atom. The largest absolute Gasteiger partial charge is 0.377 e. The van der Waals surface area contributed by atoms with Crippen molar-refractivity contribution in [3.63, 3.8) is 0 Å². The van der Waals surface area contributed by atoms with Crippen molar-refractivity contribution in [3.8, 4) is 10.4 Å². The molecule has 1 aromatic carbocycles. The second-order valence-corrected chi connectivity index (χ2v) is 12.3. The molecule has 1 aliphatic carbocycles. The standard InChI is InChI=1S/C27H38N4O3S/c1-16(2)29-23(26(4,5)6)25(34)31-14-20(32)13-21(31)24(33)30-27(11-12-27)19-9-7-18(8-10-19)22-17(3)28-15-35-22/h7-10,15-16,21,23,25,29,34H,11-14H2,1-6H3,(H,30,33)/t21-,23+,25?/m0/s1. The number of rotatable bonds is 8. The summed E-state index contributed by atoms with van der Waals surface area (Å²) in [4.78, 5) is 33.1. The van der Waals surface area contributed by atoms with Gasteiger partial charge in [-0.2, -0.15) is 0 Å². The van der Waals surface area contributed by atoms with Crippen molar-refractivity contribution in [3.05, 3.63) is 41.0 Å². The lowest BCUT2D eigenvalue weighted by molar-refractivity contribution is -0.133. The topological polar surface area (TPSA) is 94.6 Å². The highest BCUT2D eigenvalue weighted by molar-refractivity contribution is 7.13. The van der Waals surface area contributed by atoms with Crippen LogP contribution in [0.25, 0.3) is 10.4 Å². The molecule has 1 saturated heterocycles. The van der Waals surface area contributed by atoms with E-state index in [1.54, 1.807) is 16.2 Å². The fraction of sp³-hybridized carbons (Fsp3) is 0.593. The van der Waals surface area contributed by atoms with Crippen molar-refractivity contribution in [1.82, 2.24) is 20.5 Å². The van der Waals surface area contributed by atoms with Crippen LogP contribution in [0.3, 0.4) is 0 Å². The number of Topliss-reactive ketones (excluding diaryl/α,β-unsaturated/α-hetero) is 1. The van der Waals surface area contributed by atoms with E-state index in [0.717, 1.165) is 34.5 Å². The van der Waals surface area contributed by atoms with Gasteiger partial charge in [-0.3, -0.25) is 14.5 Å². The SMILES string of the molecule is Cc1ncsc1-c1ccc(C2(NC(=O)[C@@H]3CC(=O)CN3C(O)[C@@H](NC(C)C)C(C)(C)C)CC2)cc1. The van der Waals surface area contributed by atoms with E-state index < -0.39 is 17.8 Å². The van der Waals surface area contributed by atoms with Crippen molar-refractivity contribution in [2.24, 2.45) is 5.41 Å². The van der Waals surface area contributed by atoms with Gasteiger partial charge in [0, 0.05) is 12.5 Å². The van der Waals surface area contributed by atoms with Gasteiger partial charge in [-0.1, -0.05) is 58.9 Å². The molecule has 2 fully saturated rings. The zero-order chi connectivity index (χ0) is 25.5. The van der Waals surface area contributed by atoms with Gasteiger partial charge in [-0.15, -0.1) is 11.3 Å². The molecular formula is C27H38N4O3S. The first-order valence-corrected chi connectivity index (χ1v) is 13.3. The van der Waals surface area contributed by atoms with Gasteiger partial charge >= 0.3 is 0 Å². The molecule has 1 aliphatic heterocycles. The van der Waals surface area contributed by atoms with Crippen LogP contribution in [0.2, 0.25) is 0 Å². The van der Waals surface area contributed by atoms with Gasteiger partial charge < -0.3 is 15.7 Å². The van der Waals surface area contributed by atoms with Crippen LogP contribution in [0.4, 0.5) is 0 Å². The summed E-state index contributed by atoms with van der Waals surface area (Å²) < 4.78 is 0. The predicted molar refractivity (Wildman–Crippen MR) is 139 cm³/mol. The molecule has 35 heavy (non-hydrogen) atoms. The van der Waals surface area contributed by atoms with Crippen LogP contribution in [0.1, 0.15) is 65.1 Å². The van der Waals surface area contributed by atoms with Gasteiger partial charge in [0.25, 0.3) is 0 Å². The quantitative estimate of drug-likeness (QED) is 0.515. The highest BCUT2D eigenvalue weighted by Crippen LogP contribution is 2.46. The van der Waals surface area contributed by atoms with E-state index in [4.69, 9.17) is 0 Å². The Hall–Kier alpha value is -2.13. The fourth-order valence-electron chi connectivity index (χ4n) is 5.02. The van der Waals surface area contributed by atoms with Crippen molar-refractivity contribution in [1.29, 1.82) is 0 Å². The molecule has 3 atom stereocenters. The molecular weight excluding hydrogens is 460 g/mol. The number of nitrogens with one attached hydrogen (secondary N) is 2. The Kier molecular flexibility index (Phi) is 7.21. The molecule has 8 heteroatoms. The van der Waals surface area contributed by atoms with Crippen LogP contribution < -0.4 is 10.6 Å². The van der Waals surface area contributed by atoms with E-state index in [-0.39, 0.29) is 42.2 Å². The number of benzene rings is 1. The molecule has 3 N–H and O–H groups in total. The second-order valence-electron chi connectivity index (χ2n) is 11.4. The maximum Gasteiger partial charge on any atom is 0.238 e. The third kappa shape index (κ3) is 5.50. The third-order valence-corrected chi connectivity index (χ3v) is 8.10. The number of aryl methyl sites for hydroxylation is 1. The highest BCUT2D eigenvalue weighted by Gasteiger charge is 2.50. The summed E-state index contributed by atoms with van der Waals surface area (Å²) in [5.74, 6) is -0.206. The number of amides is 1. The number of aliphatic hydroxyl groups excluding tert-OH is 1. The molecule has 1 aromatic heterocycles. The van der Waals surface area contributed by atoms with Gasteiger partial charge in [0.05, 0.1) is 40.2 Å². The van der Waals surface area contributed by atoms with Gasteiger partial charge in [-0.05, 0) is 36.3 Å². The Labute approximate surface area is 212 Å². The van der Waals surface area contributed by atoms with E-state index in [9.17, 15) is 14.7 Å². The summed E-state index contributed by atoms with van der Waals surface area (Å²) in [6.07, 6.45) is 0.902. The Bertz CT molecular complexity index is 1070. The zero-order valence-electron chi connectivity index (χ0n) is 21.6. The zero-order valence-corrected chi connectivity index (χ0v) is 22.4. The molecule has 0 spiro atoms. The Morgan fingerprint density at radius 1 is 1.23 bits per heavy atom. The normalized spacial score (nSPS) is 21.8. The van der Waals surface area contributed by atoms with Crippen molar-refractivity contribution >= 4 is 23.0 Å². The van der Waals surface area contributed by atoms with E-state index in [1.807, 2.05) is 26.3 Å². The summed E-state index contributed by atoms with van der Waals surface area (Å²) >= 11 is 1.62. The molecule has 0 radical (unpaired) electrons. The average Bonchev–Trinajstić information content (AvgIpc) is 3.25. The number of hydrogen-bond donors (Lipinski definition) is 3. The minimum Gasteiger partial charge on any atom is -0.377 e. The number of likely N-dealkylation sites (tertiary alicyclic amines) is 1. The number of carbonyl (C=O) groups excluding carboxylic acids is 2. The van der Waals surface area contributed by atoms with Crippen LogP contribution in [-0.2, 0) is 15.1 Å². The minimum atomic E-state index is -0.948. The smallest absolute Gasteiger partial charge is 0.238 e. The van der Waals surface area contributed by atoms with Crippen molar-refractivity contribution < 1.29 is 14.7 Å². The summed E-state index contributed by atoms with van der Waals surface area (Å²) in [6.45, 7) is 12.3. The van der Waals surface area contributed by atoms with Crippen LogP contribution in [0.15, 0.2) is 29.8 Å². The average molecular weight is 499 g/mol. The van der Waals surface area contributed by atoms with E-state index in [0.29, 0.717) is 0 Å². The summed E-state index contributed by atoms with van der Waals surface area (Å²) in [7, 11) is 0. The number of ketones is 1. The summed E-state index contributed by atoms with van der Waals surface area (Å²) in [6, 6.07) is 7.53. The molecule has 1 unspecified atom stereocenters. The lowest BCUT2D eigenvalue weighted by Gasteiger charge is -2.41. The number of aliphatic hydroxyl groups is 1. The van der Waals surface area contributed by atoms with Gasteiger partial charge in [0.1, 0.15) is 12.0 Å². The lowest BCUT2D eigenvalue weighted by Crippen LogP contribution is -2.60. The fourth-order valence-corrected chi connectivity index (χ4v) is 5.83. The molecule has 2 heterocycles. The number of hydrogen-bond acceptors (Lipinski definition) is 7. The van der Waals surface area contributed by atoms with Crippen LogP contribution in [0.5, 0.6) is 0 Å². The maximum absolute atomic E-state index is 13.5. The lowest BCUT2D eigenvalue weighted by atomic mass is 9.84. The monoisotopic (exact) mass is 498 g/mol. The van der Waals surface area contributed by atoms with Gasteiger partial charge in [0.15, 0.2) is 0 Å². The molecule has 4 rings (SSSR count). The maximum atomic E-state index is 13.5. The molecule has 2 aliphatic rings. The highest BCUT2D eigenvalue weighted by atomic mass is 32.1. The first-order chi connectivity index (χ1) is 16.4. The van der Waals surface area contributed by atoms with E-state index in [1.165, 1.54) is 0 Å². The minimum absolute atomic E-state index is 0.0180. The predicted octanol–water partition coefficient (Wildman–Crippen LogP) is 3.60. The first-order valence-electron chi connectivity index (χ1n) is 12.5. The molecule has 1 amide bonds.